The van der Waals surface area contributed by atoms with Gasteiger partial charge in [-0.05, 0) is 49.5 Å². The number of halogens is 1. The van der Waals surface area contributed by atoms with Crippen LogP contribution in [0.3, 0.4) is 0 Å². The summed E-state index contributed by atoms with van der Waals surface area (Å²) in [5.41, 5.74) is 1.32. The van der Waals surface area contributed by atoms with Gasteiger partial charge in [-0.2, -0.15) is 0 Å². The number of nitrogens with one attached hydrogen (secondary N) is 1. The van der Waals surface area contributed by atoms with E-state index >= 15 is 0 Å². The molecular weight excluding hydrogens is 256 g/mol. The number of nitrogens with zero attached hydrogens (tertiary/aromatic N) is 1. The second-order valence-corrected chi connectivity index (χ2v) is 6.44. The molecule has 1 aromatic carbocycles. The first kappa shape index (κ1) is 14.8. The molecule has 106 valence electrons. The molecule has 1 saturated heterocycles. The minimum Gasteiger partial charge on any atom is -0.312 e. The Morgan fingerprint density at radius 3 is 3.00 bits per heavy atom. The highest BCUT2D eigenvalue weighted by Gasteiger charge is 2.19. The topological polar surface area (TPSA) is 15.3 Å². The Labute approximate surface area is 122 Å². The Balaban J connectivity index is 1.83. The second kappa shape index (κ2) is 7.28. The average molecular weight is 281 g/mol. The zero-order valence-electron chi connectivity index (χ0n) is 12.0. The quantitative estimate of drug-likeness (QED) is 0.887. The summed E-state index contributed by atoms with van der Waals surface area (Å²) in [5.74, 6) is 0.725. The summed E-state index contributed by atoms with van der Waals surface area (Å²) in [7, 11) is 0. The molecule has 1 atom stereocenters. The van der Waals surface area contributed by atoms with Crippen molar-refractivity contribution in [1.29, 1.82) is 0 Å². The minimum atomic E-state index is 0.648. The van der Waals surface area contributed by atoms with E-state index in [0.717, 1.165) is 30.6 Å². The Morgan fingerprint density at radius 1 is 1.42 bits per heavy atom. The predicted molar refractivity (Wildman–Crippen MR) is 82.6 cm³/mol. The fourth-order valence-corrected chi connectivity index (χ4v) is 2.87. The summed E-state index contributed by atoms with van der Waals surface area (Å²) in [6.45, 7) is 9.01. The molecule has 1 fully saturated rings. The lowest BCUT2D eigenvalue weighted by Gasteiger charge is -2.33. The Hall–Kier alpha value is -0.570. The number of benzene rings is 1. The zero-order chi connectivity index (χ0) is 13.7. The van der Waals surface area contributed by atoms with E-state index in [0.29, 0.717) is 6.04 Å². The minimum absolute atomic E-state index is 0.648. The summed E-state index contributed by atoms with van der Waals surface area (Å²) in [5, 5.41) is 4.52. The molecule has 3 heteroatoms. The number of hydrogen-bond acceptors (Lipinski definition) is 2. The number of hydrogen-bond donors (Lipinski definition) is 1. The molecule has 1 N–H and O–H groups in total. The van der Waals surface area contributed by atoms with Gasteiger partial charge in [0.1, 0.15) is 0 Å². The number of likely N-dealkylation sites (tertiary alicyclic amines) is 1. The Bertz CT molecular complexity index is 392. The molecule has 0 radical (unpaired) electrons. The molecule has 1 aliphatic rings. The van der Waals surface area contributed by atoms with E-state index in [4.69, 9.17) is 11.6 Å². The summed E-state index contributed by atoms with van der Waals surface area (Å²) in [4.78, 5) is 2.53. The third kappa shape index (κ3) is 5.13. The standard InChI is InChI=1S/C16H25ClN2/c1-13(2)10-18-16-7-4-8-19(12-16)11-14-5-3-6-15(17)9-14/h3,5-6,9,13,16,18H,4,7-8,10-12H2,1-2H3. The van der Waals surface area contributed by atoms with Gasteiger partial charge in [0.25, 0.3) is 0 Å². The van der Waals surface area contributed by atoms with Crippen molar-refractivity contribution in [3.63, 3.8) is 0 Å². The van der Waals surface area contributed by atoms with Crippen LogP contribution in [0.5, 0.6) is 0 Å². The van der Waals surface area contributed by atoms with Gasteiger partial charge in [0.15, 0.2) is 0 Å². The van der Waals surface area contributed by atoms with Gasteiger partial charge in [0, 0.05) is 24.2 Å². The maximum Gasteiger partial charge on any atom is 0.0409 e. The first-order chi connectivity index (χ1) is 9.13. The van der Waals surface area contributed by atoms with Crippen molar-refractivity contribution in [2.75, 3.05) is 19.6 Å². The molecule has 0 aromatic heterocycles. The van der Waals surface area contributed by atoms with Crippen molar-refractivity contribution in [2.45, 2.75) is 39.3 Å². The van der Waals surface area contributed by atoms with Gasteiger partial charge in [-0.3, -0.25) is 4.90 Å². The van der Waals surface area contributed by atoms with Crippen LogP contribution in [-0.4, -0.2) is 30.6 Å². The van der Waals surface area contributed by atoms with Gasteiger partial charge in [-0.1, -0.05) is 37.6 Å². The second-order valence-electron chi connectivity index (χ2n) is 6.01. The Kier molecular flexibility index (Phi) is 5.68. The first-order valence-corrected chi connectivity index (χ1v) is 7.71. The van der Waals surface area contributed by atoms with E-state index in [-0.39, 0.29) is 0 Å². The number of piperidine rings is 1. The monoisotopic (exact) mass is 280 g/mol. The molecule has 0 spiro atoms. The number of rotatable bonds is 5. The lowest BCUT2D eigenvalue weighted by molar-refractivity contribution is 0.181. The fourth-order valence-electron chi connectivity index (χ4n) is 2.66. The van der Waals surface area contributed by atoms with Crippen molar-refractivity contribution >= 4 is 11.6 Å². The van der Waals surface area contributed by atoms with Crippen LogP contribution in [0.1, 0.15) is 32.3 Å². The van der Waals surface area contributed by atoms with Crippen molar-refractivity contribution in [1.82, 2.24) is 10.2 Å². The van der Waals surface area contributed by atoms with Crippen LogP contribution in [0.15, 0.2) is 24.3 Å². The van der Waals surface area contributed by atoms with Crippen molar-refractivity contribution in [3.05, 3.63) is 34.9 Å². The summed E-state index contributed by atoms with van der Waals surface area (Å²) < 4.78 is 0. The van der Waals surface area contributed by atoms with E-state index in [1.807, 2.05) is 12.1 Å². The molecule has 1 unspecified atom stereocenters. The third-order valence-electron chi connectivity index (χ3n) is 3.62. The van der Waals surface area contributed by atoms with E-state index in [1.165, 1.54) is 24.9 Å². The highest BCUT2D eigenvalue weighted by atomic mass is 35.5. The van der Waals surface area contributed by atoms with E-state index in [1.54, 1.807) is 0 Å². The van der Waals surface area contributed by atoms with Crippen LogP contribution in [0.4, 0.5) is 0 Å². The lowest BCUT2D eigenvalue weighted by Crippen LogP contribution is -2.46. The maximum absolute atomic E-state index is 6.04. The normalized spacial score (nSPS) is 20.9. The van der Waals surface area contributed by atoms with E-state index < -0.39 is 0 Å². The molecule has 19 heavy (non-hydrogen) atoms. The molecule has 0 saturated carbocycles. The van der Waals surface area contributed by atoms with E-state index in [9.17, 15) is 0 Å². The molecule has 1 heterocycles. The smallest absolute Gasteiger partial charge is 0.0409 e. The van der Waals surface area contributed by atoms with Crippen molar-refractivity contribution in [3.8, 4) is 0 Å². The van der Waals surface area contributed by atoms with Gasteiger partial charge in [-0.15, -0.1) is 0 Å². The van der Waals surface area contributed by atoms with Crippen LogP contribution >= 0.6 is 11.6 Å². The van der Waals surface area contributed by atoms with Crippen molar-refractivity contribution < 1.29 is 0 Å². The van der Waals surface area contributed by atoms with E-state index in [2.05, 4.69) is 36.2 Å². The fraction of sp³-hybridized carbons (Fsp3) is 0.625. The molecule has 0 amide bonds. The van der Waals surface area contributed by atoms with Gasteiger partial charge < -0.3 is 5.32 Å². The van der Waals surface area contributed by atoms with Gasteiger partial charge in [0.05, 0.1) is 0 Å². The average Bonchev–Trinajstić information content (AvgIpc) is 2.37. The van der Waals surface area contributed by atoms with Crippen LogP contribution < -0.4 is 5.32 Å². The summed E-state index contributed by atoms with van der Waals surface area (Å²) in [6.07, 6.45) is 2.59. The van der Waals surface area contributed by atoms with Crippen LogP contribution in [0.25, 0.3) is 0 Å². The molecule has 0 aliphatic carbocycles. The molecule has 0 bridgehead atoms. The summed E-state index contributed by atoms with van der Waals surface area (Å²) >= 11 is 6.04. The van der Waals surface area contributed by atoms with Crippen molar-refractivity contribution in [2.24, 2.45) is 5.92 Å². The predicted octanol–water partition coefficient (Wildman–Crippen LogP) is 3.55. The molecule has 1 aromatic rings. The van der Waals surface area contributed by atoms with Gasteiger partial charge in [0.2, 0.25) is 0 Å². The third-order valence-corrected chi connectivity index (χ3v) is 3.85. The van der Waals surface area contributed by atoms with Crippen LogP contribution in [-0.2, 0) is 6.54 Å². The molecular formula is C16H25ClN2. The lowest BCUT2D eigenvalue weighted by atomic mass is 10.0. The first-order valence-electron chi connectivity index (χ1n) is 7.33. The Morgan fingerprint density at radius 2 is 2.26 bits per heavy atom. The van der Waals surface area contributed by atoms with Gasteiger partial charge in [-0.25, -0.2) is 0 Å². The SMILES string of the molecule is CC(C)CNC1CCCN(Cc2cccc(Cl)c2)C1. The molecule has 2 rings (SSSR count). The maximum atomic E-state index is 6.04. The van der Waals surface area contributed by atoms with Crippen LogP contribution in [0.2, 0.25) is 5.02 Å². The molecule has 2 nitrogen and oxygen atoms in total. The van der Waals surface area contributed by atoms with Crippen LogP contribution in [0, 0.1) is 5.92 Å². The highest BCUT2D eigenvalue weighted by Crippen LogP contribution is 2.16. The highest BCUT2D eigenvalue weighted by molar-refractivity contribution is 6.30. The summed E-state index contributed by atoms with van der Waals surface area (Å²) in [6, 6.07) is 8.86. The van der Waals surface area contributed by atoms with Gasteiger partial charge >= 0.3 is 0 Å². The molecule has 1 aliphatic heterocycles. The zero-order valence-corrected chi connectivity index (χ0v) is 12.8. The largest absolute Gasteiger partial charge is 0.312 e.